The van der Waals surface area contributed by atoms with E-state index in [1.165, 1.54) is 6.07 Å². The van der Waals surface area contributed by atoms with E-state index in [2.05, 4.69) is 10.7 Å². The summed E-state index contributed by atoms with van der Waals surface area (Å²) in [5.41, 5.74) is -0.312. The molecule has 0 heterocycles. The number of rotatable bonds is 2. The summed E-state index contributed by atoms with van der Waals surface area (Å²) in [6.45, 7) is 0. The Hall–Kier alpha value is -2.08. The molecular weight excluding hydrogens is 190 g/mol. The number of phenols is 1. The third kappa shape index (κ3) is 1.80. The van der Waals surface area contributed by atoms with Crippen molar-refractivity contribution in [2.24, 2.45) is 5.90 Å². The Morgan fingerprint density at radius 3 is 2.43 bits per heavy atom. The number of aromatic hydroxyl groups is 1. The molecule has 0 unspecified atom stereocenters. The lowest BCUT2D eigenvalue weighted by molar-refractivity contribution is 0.0501. The number of carboxylic acid groups (broad SMARTS) is 1. The second-order valence-electron chi connectivity index (χ2n) is 2.44. The molecule has 0 aliphatic carbocycles. The van der Waals surface area contributed by atoms with Crippen LogP contribution in [0.15, 0.2) is 18.2 Å². The number of aromatic carboxylic acids is 1. The maximum atomic E-state index is 10.8. The van der Waals surface area contributed by atoms with E-state index in [0.29, 0.717) is 0 Å². The summed E-state index contributed by atoms with van der Waals surface area (Å²) in [6, 6.07) is 3.25. The minimum atomic E-state index is -1.28. The van der Waals surface area contributed by atoms with Crippen molar-refractivity contribution < 1.29 is 24.6 Å². The van der Waals surface area contributed by atoms with E-state index < -0.39 is 17.7 Å². The molecule has 14 heavy (non-hydrogen) atoms. The fraction of sp³-hybridized carbons (Fsp3) is 0. The van der Waals surface area contributed by atoms with Gasteiger partial charge in [0.25, 0.3) is 0 Å². The summed E-state index contributed by atoms with van der Waals surface area (Å²) in [6.07, 6.45) is 0. The van der Waals surface area contributed by atoms with Crippen LogP contribution in [-0.4, -0.2) is 22.2 Å². The van der Waals surface area contributed by atoms with Gasteiger partial charge in [-0.25, -0.2) is 9.59 Å². The Balaban J connectivity index is 3.12. The number of carboxylic acids is 1. The number of nitrogens with two attached hydrogens (primary N) is 1. The second-order valence-corrected chi connectivity index (χ2v) is 2.44. The molecule has 0 atom stereocenters. The molecule has 6 heteroatoms. The monoisotopic (exact) mass is 197 g/mol. The van der Waals surface area contributed by atoms with Crippen LogP contribution in [-0.2, 0) is 4.84 Å². The van der Waals surface area contributed by atoms with E-state index in [9.17, 15) is 14.7 Å². The molecule has 1 aromatic rings. The number of benzene rings is 1. The van der Waals surface area contributed by atoms with Crippen LogP contribution in [0.1, 0.15) is 20.7 Å². The molecule has 0 saturated heterocycles. The summed E-state index contributed by atoms with van der Waals surface area (Å²) in [5.74, 6) is 1.96. The Labute approximate surface area is 78.5 Å². The first-order valence-corrected chi connectivity index (χ1v) is 3.53. The smallest absolute Gasteiger partial charge is 0.356 e. The zero-order valence-corrected chi connectivity index (χ0v) is 6.93. The highest BCUT2D eigenvalue weighted by Crippen LogP contribution is 2.18. The lowest BCUT2D eigenvalue weighted by Crippen LogP contribution is -2.10. The van der Waals surface area contributed by atoms with Gasteiger partial charge in [-0.15, -0.1) is 0 Å². The topological polar surface area (TPSA) is 110 Å². The van der Waals surface area contributed by atoms with Gasteiger partial charge in [0, 0.05) is 0 Å². The molecule has 0 aliphatic heterocycles. The predicted molar refractivity (Wildman–Crippen MR) is 44.7 cm³/mol. The first-order valence-electron chi connectivity index (χ1n) is 3.53. The standard InChI is InChI=1S/C8H7NO5/c9-14-8(13)4-1-2-5(7(11)12)6(10)3-4/h1-3,10H,9H2,(H,11,12). The molecule has 6 nitrogen and oxygen atoms in total. The van der Waals surface area contributed by atoms with Gasteiger partial charge in [0.05, 0.1) is 5.56 Å². The van der Waals surface area contributed by atoms with Gasteiger partial charge in [0.2, 0.25) is 0 Å². The Morgan fingerprint density at radius 2 is 2.00 bits per heavy atom. The van der Waals surface area contributed by atoms with Gasteiger partial charge in [-0.2, -0.15) is 5.90 Å². The summed E-state index contributed by atoms with van der Waals surface area (Å²) in [7, 11) is 0. The van der Waals surface area contributed by atoms with Crippen molar-refractivity contribution in [2.45, 2.75) is 0 Å². The van der Waals surface area contributed by atoms with Crippen LogP contribution in [0.3, 0.4) is 0 Å². The Morgan fingerprint density at radius 1 is 1.36 bits per heavy atom. The second kappa shape index (κ2) is 3.75. The van der Waals surface area contributed by atoms with Gasteiger partial charge in [-0.1, -0.05) is 0 Å². The van der Waals surface area contributed by atoms with Gasteiger partial charge in [0.1, 0.15) is 11.3 Å². The molecule has 0 aliphatic rings. The van der Waals surface area contributed by atoms with Crippen molar-refractivity contribution in [2.75, 3.05) is 0 Å². The highest BCUT2D eigenvalue weighted by Gasteiger charge is 2.13. The van der Waals surface area contributed by atoms with Crippen LogP contribution in [0.2, 0.25) is 0 Å². The molecule has 0 radical (unpaired) electrons. The molecule has 0 bridgehead atoms. The van der Waals surface area contributed by atoms with Crippen molar-refractivity contribution in [3.63, 3.8) is 0 Å². The maximum Gasteiger partial charge on any atom is 0.356 e. The van der Waals surface area contributed by atoms with Gasteiger partial charge in [-0.3, -0.25) is 0 Å². The van der Waals surface area contributed by atoms with Crippen molar-refractivity contribution >= 4 is 11.9 Å². The zero-order valence-electron chi connectivity index (χ0n) is 6.93. The van der Waals surface area contributed by atoms with Crippen LogP contribution in [0.4, 0.5) is 0 Å². The van der Waals surface area contributed by atoms with E-state index in [1.54, 1.807) is 0 Å². The molecule has 0 amide bonds. The lowest BCUT2D eigenvalue weighted by Gasteiger charge is -2.01. The van der Waals surface area contributed by atoms with Crippen LogP contribution in [0.5, 0.6) is 5.75 Å². The lowest BCUT2D eigenvalue weighted by atomic mass is 10.1. The fourth-order valence-corrected chi connectivity index (χ4v) is 0.908. The molecule has 1 rings (SSSR count). The number of carbonyl (C=O) groups excluding carboxylic acids is 1. The number of hydrogen-bond acceptors (Lipinski definition) is 5. The van der Waals surface area contributed by atoms with E-state index in [0.717, 1.165) is 12.1 Å². The molecule has 4 N–H and O–H groups in total. The average molecular weight is 197 g/mol. The molecule has 0 spiro atoms. The predicted octanol–water partition coefficient (Wildman–Crippen LogP) is 0.121. The van der Waals surface area contributed by atoms with E-state index in [-0.39, 0.29) is 11.1 Å². The summed E-state index contributed by atoms with van der Waals surface area (Å²) in [5, 5.41) is 17.7. The van der Waals surface area contributed by atoms with Crippen molar-refractivity contribution in [3.05, 3.63) is 29.3 Å². The summed E-state index contributed by atoms with van der Waals surface area (Å²) >= 11 is 0. The van der Waals surface area contributed by atoms with Crippen molar-refractivity contribution in [1.82, 2.24) is 0 Å². The normalized spacial score (nSPS) is 9.50. The SMILES string of the molecule is NOC(=O)c1ccc(C(=O)O)c(O)c1. The molecular formula is C8H7NO5. The third-order valence-corrected chi connectivity index (χ3v) is 1.57. The van der Waals surface area contributed by atoms with Gasteiger partial charge in [0.15, 0.2) is 0 Å². The van der Waals surface area contributed by atoms with Crippen molar-refractivity contribution in [1.29, 1.82) is 0 Å². The van der Waals surface area contributed by atoms with E-state index in [4.69, 9.17) is 5.11 Å². The quantitative estimate of drug-likeness (QED) is 0.581. The highest BCUT2D eigenvalue weighted by molar-refractivity contribution is 5.94. The van der Waals surface area contributed by atoms with Crippen LogP contribution in [0.25, 0.3) is 0 Å². The van der Waals surface area contributed by atoms with Gasteiger partial charge in [-0.05, 0) is 18.2 Å². The number of hydrogen-bond donors (Lipinski definition) is 3. The van der Waals surface area contributed by atoms with Gasteiger partial charge >= 0.3 is 11.9 Å². The van der Waals surface area contributed by atoms with Crippen LogP contribution in [0, 0.1) is 0 Å². The number of carbonyl (C=O) groups is 2. The Kier molecular flexibility index (Phi) is 2.68. The largest absolute Gasteiger partial charge is 0.507 e. The molecule has 74 valence electrons. The summed E-state index contributed by atoms with van der Waals surface area (Å²) < 4.78 is 0. The van der Waals surface area contributed by atoms with Crippen LogP contribution < -0.4 is 5.90 Å². The summed E-state index contributed by atoms with van der Waals surface area (Å²) in [4.78, 5) is 25.2. The third-order valence-electron chi connectivity index (χ3n) is 1.57. The van der Waals surface area contributed by atoms with Crippen LogP contribution >= 0.6 is 0 Å². The minimum Gasteiger partial charge on any atom is -0.507 e. The van der Waals surface area contributed by atoms with E-state index >= 15 is 0 Å². The highest BCUT2D eigenvalue weighted by atomic mass is 16.7. The average Bonchev–Trinajstić information content (AvgIpc) is 2.15. The zero-order chi connectivity index (χ0) is 10.7. The van der Waals surface area contributed by atoms with Gasteiger partial charge < -0.3 is 15.1 Å². The van der Waals surface area contributed by atoms with E-state index in [1.807, 2.05) is 0 Å². The Bertz CT molecular complexity index is 387. The maximum absolute atomic E-state index is 10.8. The van der Waals surface area contributed by atoms with Crippen molar-refractivity contribution in [3.8, 4) is 5.75 Å². The molecule has 0 fully saturated rings. The molecule has 1 aromatic carbocycles. The molecule has 0 aromatic heterocycles. The fourth-order valence-electron chi connectivity index (χ4n) is 0.908. The first kappa shape index (κ1) is 10.0. The minimum absolute atomic E-state index is 0.0185. The first-order chi connectivity index (χ1) is 6.56. The molecule has 0 saturated carbocycles.